The zero-order valence-corrected chi connectivity index (χ0v) is 13.3. The second-order valence-corrected chi connectivity index (χ2v) is 5.84. The molecule has 0 radical (unpaired) electrons. The highest BCUT2D eigenvalue weighted by atomic mass is 35.5. The fourth-order valence-corrected chi connectivity index (χ4v) is 2.58. The van der Waals surface area contributed by atoms with Crippen LogP contribution in [0.15, 0.2) is 42.5 Å². The summed E-state index contributed by atoms with van der Waals surface area (Å²) < 4.78 is 0. The highest BCUT2D eigenvalue weighted by Gasteiger charge is 2.22. The van der Waals surface area contributed by atoms with Gasteiger partial charge in [0.15, 0.2) is 6.10 Å². The molecule has 0 bridgehead atoms. The maximum absolute atomic E-state index is 12.3. The molecule has 0 aliphatic rings. The lowest BCUT2D eigenvalue weighted by atomic mass is 10.1. The Labute approximate surface area is 138 Å². The monoisotopic (exact) mass is 339 g/mol. The van der Waals surface area contributed by atoms with E-state index in [1.165, 1.54) is 23.1 Å². The van der Waals surface area contributed by atoms with E-state index in [0.717, 1.165) is 5.56 Å². The van der Waals surface area contributed by atoms with E-state index in [-0.39, 0.29) is 5.75 Å². The summed E-state index contributed by atoms with van der Waals surface area (Å²) in [6.07, 6.45) is -1.33. The first kappa shape index (κ1) is 16.6. The van der Waals surface area contributed by atoms with Crippen molar-refractivity contribution in [3.8, 4) is 5.75 Å². The van der Waals surface area contributed by atoms with Crippen LogP contribution >= 0.6 is 23.2 Å². The van der Waals surface area contributed by atoms with Crippen molar-refractivity contribution in [3.63, 3.8) is 0 Å². The van der Waals surface area contributed by atoms with Gasteiger partial charge >= 0.3 is 0 Å². The number of phenolic OH excluding ortho intramolecular Hbond substituents is 1. The molecule has 0 saturated carbocycles. The van der Waals surface area contributed by atoms with Gasteiger partial charge in [0.1, 0.15) is 5.75 Å². The normalized spacial score (nSPS) is 12.0. The van der Waals surface area contributed by atoms with E-state index in [1.807, 2.05) is 0 Å². The number of carbonyl (C=O) groups is 1. The Bertz CT molecular complexity index is 653. The van der Waals surface area contributed by atoms with Crippen LogP contribution in [0.4, 0.5) is 0 Å². The molecule has 1 unspecified atom stereocenters. The number of aromatic hydroxyl groups is 1. The minimum atomic E-state index is -1.33. The van der Waals surface area contributed by atoms with Crippen molar-refractivity contribution in [1.29, 1.82) is 0 Å². The largest absolute Gasteiger partial charge is 0.508 e. The molecule has 4 nitrogen and oxygen atoms in total. The molecule has 2 aromatic rings. The van der Waals surface area contributed by atoms with Crippen molar-refractivity contribution < 1.29 is 15.0 Å². The molecule has 2 N–H and O–H groups in total. The quantitative estimate of drug-likeness (QED) is 0.897. The molecular formula is C16H15Cl2NO3. The average Bonchev–Trinajstić information content (AvgIpc) is 2.47. The second-order valence-electron chi connectivity index (χ2n) is 4.97. The molecule has 1 amide bonds. The molecular weight excluding hydrogens is 325 g/mol. The van der Waals surface area contributed by atoms with Crippen molar-refractivity contribution in [2.45, 2.75) is 12.6 Å². The Kier molecular flexibility index (Phi) is 5.29. The summed E-state index contributed by atoms with van der Waals surface area (Å²) in [7, 11) is 1.59. The molecule has 0 fully saturated rings. The van der Waals surface area contributed by atoms with Crippen molar-refractivity contribution in [1.82, 2.24) is 4.90 Å². The van der Waals surface area contributed by atoms with Gasteiger partial charge in [0.05, 0.1) is 0 Å². The number of rotatable bonds is 4. The molecule has 0 aliphatic heterocycles. The van der Waals surface area contributed by atoms with E-state index in [1.54, 1.807) is 31.3 Å². The van der Waals surface area contributed by atoms with Crippen LogP contribution in [-0.2, 0) is 11.3 Å². The number of aliphatic hydroxyl groups is 1. The number of benzene rings is 2. The van der Waals surface area contributed by atoms with Gasteiger partial charge in [-0.1, -0.05) is 35.3 Å². The van der Waals surface area contributed by atoms with E-state index in [2.05, 4.69) is 0 Å². The molecule has 0 aliphatic carbocycles. The van der Waals surface area contributed by atoms with Crippen molar-refractivity contribution in [2.24, 2.45) is 0 Å². The third-order valence-electron chi connectivity index (χ3n) is 3.17. The highest BCUT2D eigenvalue weighted by Crippen LogP contribution is 2.25. The predicted molar refractivity (Wildman–Crippen MR) is 86.0 cm³/mol. The van der Waals surface area contributed by atoms with E-state index < -0.39 is 12.0 Å². The summed E-state index contributed by atoms with van der Waals surface area (Å²) in [5.74, 6) is -0.308. The third-order valence-corrected chi connectivity index (χ3v) is 3.60. The number of aliphatic hydroxyl groups excluding tert-OH is 1. The van der Waals surface area contributed by atoms with Gasteiger partial charge < -0.3 is 15.1 Å². The molecule has 1 atom stereocenters. The maximum atomic E-state index is 12.3. The standard InChI is InChI=1S/C16H15Cl2NO3/c1-19(9-10-2-4-14(20)5-3-10)16(22)15(21)11-6-12(17)8-13(18)7-11/h2-8,15,20-21H,9H2,1H3. The van der Waals surface area contributed by atoms with Gasteiger partial charge in [-0.25, -0.2) is 0 Å². The summed E-state index contributed by atoms with van der Waals surface area (Å²) >= 11 is 11.8. The molecule has 0 heterocycles. The van der Waals surface area contributed by atoms with Crippen molar-refractivity contribution in [3.05, 3.63) is 63.6 Å². The zero-order chi connectivity index (χ0) is 16.3. The molecule has 2 rings (SSSR count). The first-order valence-electron chi connectivity index (χ1n) is 6.54. The average molecular weight is 340 g/mol. The molecule has 22 heavy (non-hydrogen) atoms. The summed E-state index contributed by atoms with van der Waals surface area (Å²) in [6, 6.07) is 11.0. The van der Waals surface area contributed by atoms with Crippen LogP contribution in [-0.4, -0.2) is 28.1 Å². The lowest BCUT2D eigenvalue weighted by Crippen LogP contribution is -2.31. The van der Waals surface area contributed by atoms with Crippen LogP contribution in [0.25, 0.3) is 0 Å². The number of hydrogen-bond donors (Lipinski definition) is 2. The number of phenols is 1. The summed E-state index contributed by atoms with van der Waals surface area (Å²) in [6.45, 7) is 0.310. The van der Waals surface area contributed by atoms with Gasteiger partial charge in [-0.15, -0.1) is 0 Å². The summed E-state index contributed by atoms with van der Waals surface area (Å²) in [5, 5.41) is 20.1. The summed E-state index contributed by atoms with van der Waals surface area (Å²) in [5.41, 5.74) is 1.19. The fourth-order valence-electron chi connectivity index (χ4n) is 2.04. The van der Waals surface area contributed by atoms with Gasteiger partial charge in [0.25, 0.3) is 5.91 Å². The number of carbonyl (C=O) groups excluding carboxylic acids is 1. The highest BCUT2D eigenvalue weighted by molar-refractivity contribution is 6.34. The Hall–Kier alpha value is -1.75. The molecule has 6 heteroatoms. The Morgan fingerprint density at radius 3 is 2.23 bits per heavy atom. The van der Waals surface area contributed by atoms with E-state index in [4.69, 9.17) is 23.2 Å². The molecule has 0 aromatic heterocycles. The molecule has 2 aromatic carbocycles. The van der Waals surface area contributed by atoms with Gasteiger partial charge in [0.2, 0.25) is 0 Å². The topological polar surface area (TPSA) is 60.8 Å². The van der Waals surface area contributed by atoms with Gasteiger partial charge in [-0.3, -0.25) is 4.79 Å². The number of nitrogens with zero attached hydrogens (tertiary/aromatic N) is 1. The lowest BCUT2D eigenvalue weighted by molar-refractivity contribution is -0.139. The predicted octanol–water partition coefficient (Wildman–Crippen LogP) is 3.39. The molecule has 0 saturated heterocycles. The first-order chi connectivity index (χ1) is 10.4. The number of hydrogen-bond acceptors (Lipinski definition) is 3. The Balaban J connectivity index is 2.10. The van der Waals surface area contributed by atoms with Gasteiger partial charge in [0, 0.05) is 23.6 Å². The first-order valence-corrected chi connectivity index (χ1v) is 7.29. The van der Waals surface area contributed by atoms with Gasteiger partial charge in [-0.05, 0) is 41.5 Å². The smallest absolute Gasteiger partial charge is 0.256 e. The van der Waals surface area contributed by atoms with Gasteiger partial charge in [-0.2, -0.15) is 0 Å². The minimum absolute atomic E-state index is 0.159. The van der Waals surface area contributed by atoms with E-state index in [0.29, 0.717) is 22.2 Å². The molecule has 0 spiro atoms. The number of likely N-dealkylation sites (N-methyl/N-ethyl adjacent to an activating group) is 1. The third kappa shape index (κ3) is 4.13. The van der Waals surface area contributed by atoms with E-state index in [9.17, 15) is 15.0 Å². The maximum Gasteiger partial charge on any atom is 0.256 e. The summed E-state index contributed by atoms with van der Waals surface area (Å²) in [4.78, 5) is 13.7. The van der Waals surface area contributed by atoms with Crippen molar-refractivity contribution in [2.75, 3.05) is 7.05 Å². The molecule has 116 valence electrons. The van der Waals surface area contributed by atoms with Crippen molar-refractivity contribution >= 4 is 29.1 Å². The second kappa shape index (κ2) is 7.01. The van der Waals surface area contributed by atoms with Crippen LogP contribution in [0.1, 0.15) is 17.2 Å². The van der Waals surface area contributed by atoms with Crippen LogP contribution < -0.4 is 0 Å². The van der Waals surface area contributed by atoms with E-state index >= 15 is 0 Å². The Morgan fingerprint density at radius 2 is 1.68 bits per heavy atom. The minimum Gasteiger partial charge on any atom is -0.508 e. The van der Waals surface area contributed by atoms with Crippen LogP contribution in [0.2, 0.25) is 10.0 Å². The Morgan fingerprint density at radius 1 is 1.14 bits per heavy atom. The SMILES string of the molecule is CN(Cc1ccc(O)cc1)C(=O)C(O)c1cc(Cl)cc(Cl)c1. The number of amides is 1. The fraction of sp³-hybridized carbons (Fsp3) is 0.188. The number of halogens is 2. The van der Waals surface area contributed by atoms with Crippen LogP contribution in [0.3, 0.4) is 0 Å². The zero-order valence-electron chi connectivity index (χ0n) is 11.8. The lowest BCUT2D eigenvalue weighted by Gasteiger charge is -2.21. The van der Waals surface area contributed by atoms with Crippen LogP contribution in [0, 0.1) is 0 Å². The van der Waals surface area contributed by atoms with Crippen LogP contribution in [0.5, 0.6) is 5.75 Å².